The van der Waals surface area contributed by atoms with Crippen LogP contribution in [0.2, 0.25) is 0 Å². The first-order valence-electron chi connectivity index (χ1n) is 12.9. The number of halogens is 1. The van der Waals surface area contributed by atoms with Crippen LogP contribution in [0.3, 0.4) is 0 Å². The summed E-state index contributed by atoms with van der Waals surface area (Å²) < 4.78 is 6.03. The Bertz CT molecular complexity index is 1330. The first-order chi connectivity index (χ1) is 18.2. The van der Waals surface area contributed by atoms with Crippen molar-refractivity contribution in [3.05, 3.63) is 88.5 Å². The van der Waals surface area contributed by atoms with Crippen molar-refractivity contribution in [3.8, 4) is 22.9 Å². The lowest BCUT2D eigenvalue weighted by atomic mass is 9.80. The molecule has 3 aromatic rings. The number of benzene rings is 3. The molecule has 2 unspecified atom stereocenters. The number of hydrogen-bond acceptors (Lipinski definition) is 6. The van der Waals surface area contributed by atoms with Crippen LogP contribution in [0.1, 0.15) is 71.8 Å². The van der Waals surface area contributed by atoms with Gasteiger partial charge >= 0.3 is 5.97 Å². The lowest BCUT2D eigenvalue weighted by Crippen LogP contribution is -2.42. The molecule has 0 aromatic heterocycles. The Hall–Kier alpha value is -3.41. The van der Waals surface area contributed by atoms with E-state index in [2.05, 4.69) is 23.7 Å². The maximum absolute atomic E-state index is 11.1. The van der Waals surface area contributed by atoms with Crippen LogP contribution >= 0.6 is 12.4 Å². The Morgan fingerprint density at radius 3 is 2.49 bits per heavy atom. The average Bonchev–Trinajstić information content (AvgIpc) is 2.94. The molecule has 0 saturated heterocycles. The van der Waals surface area contributed by atoms with Crippen LogP contribution in [0.4, 0.5) is 0 Å². The summed E-state index contributed by atoms with van der Waals surface area (Å²) in [4.78, 5) is 11.1. The van der Waals surface area contributed by atoms with Gasteiger partial charge in [-0.2, -0.15) is 10.7 Å². The molecule has 206 valence electrons. The van der Waals surface area contributed by atoms with Crippen molar-refractivity contribution in [2.45, 2.75) is 57.6 Å². The third kappa shape index (κ3) is 7.17. The molecule has 3 aromatic carbocycles. The maximum Gasteiger partial charge on any atom is 0.335 e. The number of nitrogens with one attached hydrogen (secondary N) is 1. The second-order valence-corrected chi connectivity index (χ2v) is 10.6. The van der Waals surface area contributed by atoms with E-state index in [1.165, 1.54) is 11.1 Å². The number of ether oxygens (including phenoxy) is 1. The zero-order chi connectivity index (χ0) is 27.3. The number of hydrogen-bond donors (Lipinski definition) is 4. The van der Waals surface area contributed by atoms with Gasteiger partial charge in [0.05, 0.1) is 29.4 Å². The Morgan fingerprint density at radius 2 is 1.82 bits per heavy atom. The van der Waals surface area contributed by atoms with E-state index in [9.17, 15) is 20.4 Å². The minimum atomic E-state index is -0.970. The number of fused-ring (bicyclic) bond motifs is 1. The standard InChI is InChI=1S/C31H34N2O5.ClH/c1-31(2,33-37)29(34)25-13-9-22-6-5-20(16-27(22)17-25)4-3-15-38-28-18-24(12-14-26(28)19-32)21-7-10-23(11-8-21)30(35)36;/h7-14,17-18,20,29,33-34,37H,3-6,15-16H2,1-2H3,(H,35,36);1H. The Labute approximate surface area is 235 Å². The van der Waals surface area contributed by atoms with Gasteiger partial charge in [0.2, 0.25) is 0 Å². The summed E-state index contributed by atoms with van der Waals surface area (Å²) in [6, 6.07) is 20.3. The van der Waals surface area contributed by atoms with Gasteiger partial charge in [-0.15, -0.1) is 12.4 Å². The molecule has 0 radical (unpaired) electrons. The van der Waals surface area contributed by atoms with Crippen molar-refractivity contribution >= 4 is 18.4 Å². The zero-order valence-corrected chi connectivity index (χ0v) is 23.0. The van der Waals surface area contributed by atoms with E-state index in [0.717, 1.165) is 48.8 Å². The van der Waals surface area contributed by atoms with E-state index in [1.807, 2.05) is 18.2 Å². The van der Waals surface area contributed by atoms with E-state index in [-0.39, 0.29) is 18.0 Å². The summed E-state index contributed by atoms with van der Waals surface area (Å²) in [7, 11) is 0. The quantitative estimate of drug-likeness (QED) is 0.178. The maximum atomic E-state index is 11.1. The fraction of sp³-hybridized carbons (Fsp3) is 0.355. The van der Waals surface area contributed by atoms with E-state index < -0.39 is 17.6 Å². The van der Waals surface area contributed by atoms with Gasteiger partial charge in [-0.05, 0) is 104 Å². The van der Waals surface area contributed by atoms with Crippen molar-refractivity contribution < 1.29 is 25.0 Å². The highest BCUT2D eigenvalue weighted by Gasteiger charge is 2.29. The molecule has 4 N–H and O–H groups in total. The molecule has 0 bridgehead atoms. The van der Waals surface area contributed by atoms with Gasteiger partial charge in [-0.1, -0.05) is 36.4 Å². The van der Waals surface area contributed by atoms with E-state index in [1.54, 1.807) is 44.2 Å². The van der Waals surface area contributed by atoms with Crippen molar-refractivity contribution in [1.29, 1.82) is 5.26 Å². The predicted octanol–water partition coefficient (Wildman–Crippen LogP) is 6.10. The Kier molecular flexibility index (Phi) is 10.1. The molecule has 4 rings (SSSR count). The minimum absolute atomic E-state index is 0. The third-order valence-electron chi connectivity index (χ3n) is 7.43. The SMILES string of the molecule is CC(C)(NO)C(O)c1ccc2c(c1)CC(CCCOc1cc(-c3ccc(C(=O)O)cc3)ccc1C#N)CC2.Cl. The number of aliphatic hydroxyl groups is 1. The summed E-state index contributed by atoms with van der Waals surface area (Å²) >= 11 is 0. The molecule has 1 aliphatic rings. The molecule has 0 fully saturated rings. The molecule has 2 atom stereocenters. The van der Waals surface area contributed by atoms with Gasteiger partial charge in [0.15, 0.2) is 0 Å². The van der Waals surface area contributed by atoms with Crippen LogP contribution in [0.5, 0.6) is 5.75 Å². The van der Waals surface area contributed by atoms with Crippen molar-refractivity contribution in [2.75, 3.05) is 6.61 Å². The van der Waals surface area contributed by atoms with Crippen LogP contribution in [0.25, 0.3) is 11.1 Å². The van der Waals surface area contributed by atoms with Crippen molar-refractivity contribution in [3.63, 3.8) is 0 Å². The first-order valence-corrected chi connectivity index (χ1v) is 12.9. The molecule has 8 heteroatoms. The number of aromatic carboxylic acids is 1. The van der Waals surface area contributed by atoms with E-state index in [4.69, 9.17) is 9.84 Å². The number of carboxylic acids is 1. The highest BCUT2D eigenvalue weighted by atomic mass is 35.5. The average molecular weight is 551 g/mol. The summed E-state index contributed by atoms with van der Waals surface area (Å²) in [5.74, 6) is 0.0693. The number of nitrogens with zero attached hydrogens (tertiary/aromatic N) is 1. The number of aryl methyl sites for hydroxylation is 1. The molecule has 0 spiro atoms. The molecule has 0 heterocycles. The number of carboxylic acid groups (broad SMARTS) is 1. The molecule has 39 heavy (non-hydrogen) atoms. The fourth-order valence-corrected chi connectivity index (χ4v) is 5.02. The first kappa shape index (κ1) is 30.1. The summed E-state index contributed by atoms with van der Waals surface area (Å²) in [6.07, 6.45) is 4.06. The molecular weight excluding hydrogens is 516 g/mol. The molecule has 0 aliphatic heterocycles. The number of aliphatic hydroxyl groups excluding tert-OH is 1. The number of nitriles is 1. The zero-order valence-electron chi connectivity index (χ0n) is 22.2. The monoisotopic (exact) mass is 550 g/mol. The lowest BCUT2D eigenvalue weighted by Gasteiger charge is -2.31. The number of carbonyl (C=O) groups is 1. The topological polar surface area (TPSA) is 123 Å². The van der Waals surface area contributed by atoms with E-state index in [0.29, 0.717) is 23.8 Å². The number of rotatable bonds is 10. The van der Waals surface area contributed by atoms with Crippen LogP contribution in [-0.2, 0) is 12.8 Å². The lowest BCUT2D eigenvalue weighted by molar-refractivity contribution is -0.0103. The summed E-state index contributed by atoms with van der Waals surface area (Å²) in [5, 5.41) is 38.7. The van der Waals surface area contributed by atoms with Crippen molar-refractivity contribution in [1.82, 2.24) is 5.48 Å². The molecule has 1 aliphatic carbocycles. The highest BCUT2D eigenvalue weighted by molar-refractivity contribution is 5.88. The number of hydroxylamine groups is 1. The van der Waals surface area contributed by atoms with Gasteiger partial charge in [-0.3, -0.25) is 0 Å². The van der Waals surface area contributed by atoms with E-state index >= 15 is 0 Å². The summed E-state index contributed by atoms with van der Waals surface area (Å²) in [6.45, 7) is 4.00. The van der Waals surface area contributed by atoms with Crippen LogP contribution in [-0.4, -0.2) is 33.5 Å². The van der Waals surface area contributed by atoms with Gasteiger partial charge in [-0.25, -0.2) is 4.79 Å². The summed E-state index contributed by atoms with van der Waals surface area (Å²) in [5.41, 5.74) is 7.11. The predicted molar refractivity (Wildman–Crippen MR) is 151 cm³/mol. The van der Waals surface area contributed by atoms with Crippen molar-refractivity contribution in [2.24, 2.45) is 5.92 Å². The molecule has 0 amide bonds. The van der Waals surface area contributed by atoms with Gasteiger partial charge < -0.3 is 20.2 Å². The van der Waals surface area contributed by atoms with Gasteiger partial charge in [0, 0.05) is 0 Å². The molecule has 0 saturated carbocycles. The molecule has 7 nitrogen and oxygen atoms in total. The normalized spacial score (nSPS) is 15.4. The van der Waals surface area contributed by atoms with Crippen LogP contribution in [0, 0.1) is 17.2 Å². The Balaban J connectivity index is 0.00000420. The van der Waals surface area contributed by atoms with Crippen LogP contribution in [0.15, 0.2) is 60.7 Å². The van der Waals surface area contributed by atoms with Gasteiger partial charge in [0.25, 0.3) is 0 Å². The third-order valence-corrected chi connectivity index (χ3v) is 7.43. The fourth-order valence-electron chi connectivity index (χ4n) is 5.02. The van der Waals surface area contributed by atoms with Crippen LogP contribution < -0.4 is 10.2 Å². The molecular formula is C31H35ClN2O5. The Morgan fingerprint density at radius 1 is 1.10 bits per heavy atom. The highest BCUT2D eigenvalue weighted by Crippen LogP contribution is 2.33. The smallest absolute Gasteiger partial charge is 0.335 e. The minimum Gasteiger partial charge on any atom is -0.492 e. The van der Waals surface area contributed by atoms with Gasteiger partial charge in [0.1, 0.15) is 11.8 Å². The second-order valence-electron chi connectivity index (χ2n) is 10.6. The second kappa shape index (κ2) is 13.1. The largest absolute Gasteiger partial charge is 0.492 e.